The van der Waals surface area contributed by atoms with E-state index < -0.39 is 0 Å². The van der Waals surface area contributed by atoms with Gasteiger partial charge in [0.2, 0.25) is 0 Å². The smallest absolute Gasteiger partial charge is 0.0464 e. The molecule has 0 saturated heterocycles. The van der Waals surface area contributed by atoms with Crippen LogP contribution in [0, 0.1) is 0 Å². The van der Waals surface area contributed by atoms with E-state index >= 15 is 0 Å². The highest BCUT2D eigenvalue weighted by molar-refractivity contribution is 7.99. The van der Waals surface area contributed by atoms with Crippen molar-refractivity contribution in [3.05, 3.63) is 28.8 Å². The van der Waals surface area contributed by atoms with Crippen LogP contribution in [0.25, 0.3) is 0 Å². The number of rotatable bonds is 5. The predicted molar refractivity (Wildman–Crippen MR) is 74.5 cm³/mol. The molecule has 0 radical (unpaired) electrons. The molecule has 3 heteroatoms. The van der Waals surface area contributed by atoms with Gasteiger partial charge in [-0.15, -0.1) is 11.8 Å². The zero-order valence-electron chi connectivity index (χ0n) is 10.4. The van der Waals surface area contributed by atoms with Crippen molar-refractivity contribution in [2.75, 3.05) is 7.05 Å². The molecule has 1 rings (SSSR count). The van der Waals surface area contributed by atoms with Gasteiger partial charge >= 0.3 is 0 Å². The Morgan fingerprint density at radius 3 is 2.56 bits per heavy atom. The van der Waals surface area contributed by atoms with E-state index in [4.69, 9.17) is 11.6 Å². The lowest BCUT2D eigenvalue weighted by atomic mass is 10.1. The fourth-order valence-corrected chi connectivity index (χ4v) is 2.78. The number of benzene rings is 1. The van der Waals surface area contributed by atoms with Crippen molar-refractivity contribution in [1.82, 2.24) is 5.32 Å². The van der Waals surface area contributed by atoms with E-state index in [0.717, 1.165) is 10.6 Å². The molecule has 1 aromatic carbocycles. The zero-order chi connectivity index (χ0) is 12.1. The molecule has 0 spiro atoms. The third-order valence-electron chi connectivity index (χ3n) is 2.78. The molecule has 0 aliphatic rings. The molecule has 16 heavy (non-hydrogen) atoms. The van der Waals surface area contributed by atoms with Crippen LogP contribution < -0.4 is 5.32 Å². The standard InChI is InChI=1S/C13H20ClNS/c1-5-9(2)16-11-6-7-12(10(3)15-4)13(14)8-11/h6-10,15H,5H2,1-4H3. The van der Waals surface area contributed by atoms with E-state index in [9.17, 15) is 0 Å². The highest BCUT2D eigenvalue weighted by atomic mass is 35.5. The number of halogens is 1. The molecule has 1 nitrogen and oxygen atoms in total. The van der Waals surface area contributed by atoms with E-state index in [0.29, 0.717) is 11.3 Å². The van der Waals surface area contributed by atoms with Crippen molar-refractivity contribution in [3.8, 4) is 0 Å². The number of hydrogen-bond acceptors (Lipinski definition) is 2. The molecule has 0 heterocycles. The normalized spacial score (nSPS) is 14.8. The second kappa shape index (κ2) is 6.53. The molecule has 0 saturated carbocycles. The minimum absolute atomic E-state index is 0.301. The molecule has 0 aliphatic carbocycles. The Hall–Kier alpha value is -0.180. The molecular formula is C13H20ClNS. The van der Waals surface area contributed by atoms with E-state index in [1.165, 1.54) is 11.3 Å². The number of thioether (sulfide) groups is 1. The van der Waals surface area contributed by atoms with E-state index in [1.54, 1.807) is 0 Å². The van der Waals surface area contributed by atoms with Crippen LogP contribution in [-0.4, -0.2) is 12.3 Å². The van der Waals surface area contributed by atoms with E-state index in [-0.39, 0.29) is 0 Å². The van der Waals surface area contributed by atoms with Gasteiger partial charge in [0.25, 0.3) is 0 Å². The summed E-state index contributed by atoms with van der Waals surface area (Å²) in [5.41, 5.74) is 1.16. The maximum Gasteiger partial charge on any atom is 0.0464 e. The summed E-state index contributed by atoms with van der Waals surface area (Å²) in [7, 11) is 1.95. The minimum atomic E-state index is 0.301. The van der Waals surface area contributed by atoms with Gasteiger partial charge < -0.3 is 5.32 Å². The van der Waals surface area contributed by atoms with E-state index in [1.807, 2.05) is 18.8 Å². The molecule has 0 aromatic heterocycles. The first kappa shape index (κ1) is 13.9. The summed E-state index contributed by atoms with van der Waals surface area (Å²) in [6.07, 6.45) is 1.18. The molecule has 1 N–H and O–H groups in total. The maximum atomic E-state index is 6.28. The van der Waals surface area contributed by atoms with Gasteiger partial charge in [-0.05, 0) is 38.1 Å². The van der Waals surface area contributed by atoms with Crippen LogP contribution in [-0.2, 0) is 0 Å². The van der Waals surface area contributed by atoms with Crippen molar-refractivity contribution in [1.29, 1.82) is 0 Å². The SMILES string of the molecule is CCC(C)Sc1ccc(C(C)NC)c(Cl)c1. The molecule has 1 aromatic rings. The summed E-state index contributed by atoms with van der Waals surface area (Å²) in [6, 6.07) is 6.65. The van der Waals surface area contributed by atoms with Gasteiger partial charge in [-0.1, -0.05) is 31.5 Å². The number of hydrogen-bond donors (Lipinski definition) is 1. The van der Waals surface area contributed by atoms with Crippen LogP contribution in [0.15, 0.2) is 23.1 Å². The average Bonchev–Trinajstić information content (AvgIpc) is 2.28. The number of nitrogens with one attached hydrogen (secondary N) is 1. The highest BCUT2D eigenvalue weighted by Gasteiger charge is 2.09. The Morgan fingerprint density at radius 2 is 2.06 bits per heavy atom. The Balaban J connectivity index is 2.82. The second-order valence-electron chi connectivity index (χ2n) is 4.03. The molecule has 90 valence electrons. The van der Waals surface area contributed by atoms with Gasteiger partial charge in [-0.2, -0.15) is 0 Å². The van der Waals surface area contributed by atoms with E-state index in [2.05, 4.69) is 44.3 Å². The molecule has 0 bridgehead atoms. The summed E-state index contributed by atoms with van der Waals surface area (Å²) in [4.78, 5) is 1.26. The first-order valence-electron chi connectivity index (χ1n) is 5.71. The van der Waals surface area contributed by atoms with Gasteiger partial charge in [0, 0.05) is 21.2 Å². The third kappa shape index (κ3) is 3.69. The summed E-state index contributed by atoms with van der Waals surface area (Å²) < 4.78 is 0. The van der Waals surface area contributed by atoms with Crippen LogP contribution in [0.3, 0.4) is 0 Å². The molecule has 0 aliphatic heterocycles. The summed E-state index contributed by atoms with van der Waals surface area (Å²) >= 11 is 8.16. The Bertz CT molecular complexity index is 341. The van der Waals surface area contributed by atoms with Crippen molar-refractivity contribution < 1.29 is 0 Å². The fraction of sp³-hybridized carbons (Fsp3) is 0.538. The van der Waals surface area contributed by atoms with Crippen molar-refractivity contribution in [3.63, 3.8) is 0 Å². The van der Waals surface area contributed by atoms with Gasteiger partial charge in [0.05, 0.1) is 0 Å². The Kier molecular flexibility index (Phi) is 5.67. The van der Waals surface area contributed by atoms with Gasteiger partial charge in [0.15, 0.2) is 0 Å². The fourth-order valence-electron chi connectivity index (χ4n) is 1.40. The summed E-state index contributed by atoms with van der Waals surface area (Å²) in [6.45, 7) is 6.56. The highest BCUT2D eigenvalue weighted by Crippen LogP contribution is 2.31. The zero-order valence-corrected chi connectivity index (χ0v) is 12.0. The molecule has 0 fully saturated rings. The largest absolute Gasteiger partial charge is 0.313 e. The van der Waals surface area contributed by atoms with Gasteiger partial charge in [-0.25, -0.2) is 0 Å². The van der Waals surface area contributed by atoms with Crippen LogP contribution >= 0.6 is 23.4 Å². The van der Waals surface area contributed by atoms with Gasteiger partial charge in [0.1, 0.15) is 0 Å². The summed E-state index contributed by atoms with van der Waals surface area (Å²) in [5, 5.41) is 4.70. The van der Waals surface area contributed by atoms with Crippen LogP contribution in [0.4, 0.5) is 0 Å². The van der Waals surface area contributed by atoms with Crippen molar-refractivity contribution in [2.24, 2.45) is 0 Å². The first-order valence-corrected chi connectivity index (χ1v) is 6.97. The lowest BCUT2D eigenvalue weighted by Gasteiger charge is -2.14. The quantitative estimate of drug-likeness (QED) is 0.779. The van der Waals surface area contributed by atoms with Crippen LogP contribution in [0.2, 0.25) is 5.02 Å². The maximum absolute atomic E-state index is 6.28. The molecule has 0 amide bonds. The Morgan fingerprint density at radius 1 is 1.38 bits per heavy atom. The molecule has 2 atom stereocenters. The minimum Gasteiger partial charge on any atom is -0.313 e. The van der Waals surface area contributed by atoms with Crippen molar-refractivity contribution in [2.45, 2.75) is 43.4 Å². The molecule has 2 unspecified atom stereocenters. The lowest BCUT2D eigenvalue weighted by molar-refractivity contribution is 0.652. The lowest BCUT2D eigenvalue weighted by Crippen LogP contribution is -2.12. The van der Waals surface area contributed by atoms with Crippen molar-refractivity contribution >= 4 is 23.4 Å². The average molecular weight is 258 g/mol. The van der Waals surface area contributed by atoms with Crippen LogP contribution in [0.1, 0.15) is 38.8 Å². The first-order chi connectivity index (χ1) is 7.58. The second-order valence-corrected chi connectivity index (χ2v) is 5.95. The predicted octanol–water partition coefficient (Wildman–Crippen LogP) is 4.51. The Labute approximate surface area is 108 Å². The summed E-state index contributed by atoms with van der Waals surface area (Å²) in [5.74, 6) is 0. The van der Waals surface area contributed by atoms with Crippen LogP contribution in [0.5, 0.6) is 0 Å². The third-order valence-corrected chi connectivity index (χ3v) is 4.37. The van der Waals surface area contributed by atoms with Gasteiger partial charge in [-0.3, -0.25) is 0 Å². The molecular weight excluding hydrogens is 238 g/mol. The topological polar surface area (TPSA) is 12.0 Å². The monoisotopic (exact) mass is 257 g/mol.